The fraction of sp³-hybridized carbons (Fsp3) is 0. The number of carbonyl (C=O) groups excluding carboxylic acids is 6. The van der Waals surface area contributed by atoms with E-state index in [1.165, 1.54) is 0 Å². The molecule has 0 rings (SSSR count). The van der Waals surface area contributed by atoms with E-state index in [4.69, 9.17) is 38.1 Å². The SMILES string of the molecule is [2HH].[C-]#[O+].[C-]#[O+].[CH-]=O.[CH-]=O.[CH-]=O.[CH-]=O.[CH-]=O.[CH-]=O.[Co+3].[Co+3].[Co]. The molecule has 0 fully saturated rings. The van der Waals surface area contributed by atoms with Crippen molar-refractivity contribution in [2.75, 3.05) is 0 Å². The zero-order valence-corrected chi connectivity index (χ0v) is 11.9. The fourth-order valence-electron chi connectivity index (χ4n) is 0. The summed E-state index contributed by atoms with van der Waals surface area (Å²) in [5.41, 5.74) is 0. The van der Waals surface area contributed by atoms with Crippen molar-refractivity contribution in [2.24, 2.45) is 0 Å². The molecule has 115 valence electrons. The molecule has 0 aromatic heterocycles. The van der Waals surface area contributed by atoms with Gasteiger partial charge in [0.15, 0.2) is 0 Å². The summed E-state index contributed by atoms with van der Waals surface area (Å²) in [7, 11) is 0. The standard InChI is InChI=1S/6CHO.2CO.3Co.H2/c8*1-2;;;;/h6*1H;;;;;;1H/q6*-1;;;;2*+3;/i;;;;;;;;;;;1+1. The Morgan fingerprint density at radius 1 is 0.474 bits per heavy atom. The molecule has 0 aromatic carbocycles. The Labute approximate surface area is 144 Å². The quantitative estimate of drug-likeness (QED) is 0.271. The van der Waals surface area contributed by atoms with Gasteiger partial charge in [0, 0.05) is 18.2 Å². The van der Waals surface area contributed by atoms with E-state index in [1.807, 2.05) is 0 Å². The van der Waals surface area contributed by atoms with Crippen molar-refractivity contribution >= 4 is 40.7 Å². The molecule has 11 heteroatoms. The van der Waals surface area contributed by atoms with Crippen LogP contribution in [0.1, 0.15) is 1.43 Å². The fourth-order valence-corrected chi connectivity index (χ4v) is 0. The number of hydrogen-bond acceptors (Lipinski definition) is 6. The van der Waals surface area contributed by atoms with E-state index in [9.17, 15) is 0 Å². The molecule has 0 saturated carbocycles. The molecule has 0 unspecified atom stereocenters. The van der Waals surface area contributed by atoms with Gasteiger partial charge < -0.3 is 28.8 Å². The van der Waals surface area contributed by atoms with Crippen LogP contribution in [0.15, 0.2) is 0 Å². The molecule has 19 heavy (non-hydrogen) atoms. The van der Waals surface area contributed by atoms with Crippen LogP contribution >= 0.6 is 0 Å². The van der Waals surface area contributed by atoms with Gasteiger partial charge >= 0.3 is 56.2 Å². The zero-order chi connectivity index (χ0) is 16.0. The van der Waals surface area contributed by atoms with Crippen molar-refractivity contribution in [3.8, 4) is 0 Å². The molecular formula is C8H8Co3O8. The Kier molecular flexibility index (Phi) is 25300. The summed E-state index contributed by atoms with van der Waals surface area (Å²) in [5, 5.41) is 0. The third-order valence-electron chi connectivity index (χ3n) is 0. The zero-order valence-electron chi connectivity index (χ0n) is 8.73. The molecule has 0 bridgehead atoms. The van der Waals surface area contributed by atoms with Gasteiger partial charge in [-0.3, -0.25) is 40.7 Å². The Hall–Kier alpha value is -0.981. The average Bonchev–Trinajstić information content (AvgIpc) is 2.54. The first-order valence-corrected chi connectivity index (χ1v) is 1.82. The second-order valence-electron chi connectivity index (χ2n) is 0. The van der Waals surface area contributed by atoms with Crippen LogP contribution in [0.5, 0.6) is 0 Å². The van der Waals surface area contributed by atoms with Gasteiger partial charge in [0.05, 0.1) is 0 Å². The van der Waals surface area contributed by atoms with Gasteiger partial charge in [0.1, 0.15) is 0 Å². The summed E-state index contributed by atoms with van der Waals surface area (Å²) in [5.74, 6) is 0. The summed E-state index contributed by atoms with van der Waals surface area (Å²) in [6.07, 6.45) is 0. The maximum Gasteiger partial charge on any atom is 3.00 e. The third kappa shape index (κ3) is 3990. The van der Waals surface area contributed by atoms with Crippen molar-refractivity contribution in [3.63, 3.8) is 0 Å². The average molecular weight is 410 g/mol. The van der Waals surface area contributed by atoms with Crippen LogP contribution in [0.3, 0.4) is 0 Å². The Balaban J connectivity index is -0.00000000356. The van der Waals surface area contributed by atoms with E-state index in [2.05, 4.69) is 54.0 Å². The predicted molar refractivity (Wildman–Crippen MR) is 50.5 cm³/mol. The third-order valence-corrected chi connectivity index (χ3v) is 0. The Bertz CT molecular complexity index is 88.7. The van der Waals surface area contributed by atoms with Crippen molar-refractivity contribution in [1.82, 2.24) is 0 Å². The minimum absolute atomic E-state index is 0. The molecule has 0 spiro atoms. The summed E-state index contributed by atoms with van der Waals surface area (Å²) >= 11 is 0. The van der Waals surface area contributed by atoms with Gasteiger partial charge in [0.25, 0.3) is 0 Å². The van der Waals surface area contributed by atoms with Gasteiger partial charge in [-0.15, -0.1) is 0 Å². The van der Waals surface area contributed by atoms with Crippen LogP contribution in [-0.2, 0) is 88.4 Å². The Morgan fingerprint density at radius 2 is 0.474 bits per heavy atom. The molecule has 0 N–H and O–H groups in total. The molecular weight excluding hydrogens is 401 g/mol. The van der Waals surface area contributed by atoms with Gasteiger partial charge in [-0.25, -0.2) is 0 Å². The van der Waals surface area contributed by atoms with Crippen molar-refractivity contribution < 1.29 is 89.8 Å². The van der Waals surface area contributed by atoms with E-state index >= 15 is 0 Å². The minimum Gasteiger partial charge on any atom is -0.545 e. The molecule has 1 radical (unpaired) electrons. The summed E-state index contributed by atoms with van der Waals surface area (Å²) in [6.45, 7) is 28.5. The smallest absolute Gasteiger partial charge is 0.545 e. The normalized spacial score (nSPS) is 1.47. The second kappa shape index (κ2) is 4540. The molecule has 0 aliphatic rings. The molecule has 0 saturated heterocycles. The minimum atomic E-state index is 0. The van der Waals surface area contributed by atoms with Crippen LogP contribution < -0.4 is 0 Å². The maximum atomic E-state index is 7.75. The van der Waals surface area contributed by atoms with Crippen molar-refractivity contribution in [3.05, 3.63) is 13.3 Å². The maximum absolute atomic E-state index is 7.75. The first kappa shape index (κ1) is 106. The molecule has 0 heterocycles. The van der Waals surface area contributed by atoms with E-state index in [0.29, 0.717) is 0 Å². The molecule has 0 aliphatic carbocycles. The predicted octanol–water partition coefficient (Wildman–Crippen LogP) is -1.48. The van der Waals surface area contributed by atoms with Gasteiger partial charge in [0.2, 0.25) is 0 Å². The van der Waals surface area contributed by atoms with E-state index in [0.717, 1.165) is 0 Å². The van der Waals surface area contributed by atoms with Crippen LogP contribution in [0.25, 0.3) is 0 Å². The molecule has 0 atom stereocenters. The van der Waals surface area contributed by atoms with Gasteiger partial charge in [-0.2, -0.15) is 0 Å². The van der Waals surface area contributed by atoms with E-state index in [-0.39, 0.29) is 51.8 Å². The van der Waals surface area contributed by atoms with Crippen molar-refractivity contribution in [2.45, 2.75) is 0 Å². The first-order chi connectivity index (χ1) is 8.00. The second-order valence-corrected chi connectivity index (χ2v) is 0. The van der Waals surface area contributed by atoms with E-state index < -0.39 is 0 Å². The number of hydrogen-bond donors (Lipinski definition) is 0. The van der Waals surface area contributed by atoms with Gasteiger partial charge in [-0.05, 0) is 0 Å². The summed E-state index contributed by atoms with van der Waals surface area (Å²) in [4.78, 5) is 46.5. The van der Waals surface area contributed by atoms with Crippen LogP contribution in [0.2, 0.25) is 0 Å². The topological polar surface area (TPSA) is 142 Å². The van der Waals surface area contributed by atoms with Crippen LogP contribution in [0, 0.1) is 13.3 Å². The molecule has 0 aliphatic heterocycles. The molecule has 0 aromatic rings. The molecule has 8 nitrogen and oxygen atoms in total. The summed E-state index contributed by atoms with van der Waals surface area (Å²) in [6, 6.07) is 0. The van der Waals surface area contributed by atoms with Crippen LogP contribution in [-0.4, -0.2) is 40.7 Å². The Morgan fingerprint density at radius 3 is 0.474 bits per heavy atom. The summed E-state index contributed by atoms with van der Waals surface area (Å²) < 4.78 is 15.0. The van der Waals surface area contributed by atoms with E-state index in [1.54, 1.807) is 0 Å². The van der Waals surface area contributed by atoms with Crippen LogP contribution in [0.4, 0.5) is 0 Å². The van der Waals surface area contributed by atoms with Gasteiger partial charge in [-0.1, -0.05) is 0 Å². The first-order valence-electron chi connectivity index (χ1n) is 1.82. The monoisotopic (exact) mass is 410 g/mol. The van der Waals surface area contributed by atoms with Crippen molar-refractivity contribution in [1.29, 1.82) is 0 Å². The largest absolute Gasteiger partial charge is 3.00 e. The number of rotatable bonds is 0. The molecule has 0 amide bonds.